The number of amides is 2. The molecule has 7 nitrogen and oxygen atoms in total. The number of rotatable bonds is 3. The molecule has 2 saturated heterocycles. The third kappa shape index (κ3) is 4.31. The van der Waals surface area contributed by atoms with Crippen molar-refractivity contribution in [3.8, 4) is 0 Å². The summed E-state index contributed by atoms with van der Waals surface area (Å²) >= 11 is 0. The molecule has 3 aliphatic heterocycles. The van der Waals surface area contributed by atoms with Gasteiger partial charge in [0, 0.05) is 32.1 Å². The number of carbonyl (C=O) groups is 2. The van der Waals surface area contributed by atoms with E-state index in [1.165, 1.54) is 12.8 Å². The predicted molar refractivity (Wildman–Crippen MR) is 120 cm³/mol. The van der Waals surface area contributed by atoms with E-state index >= 15 is 0 Å². The maximum Gasteiger partial charge on any atom is 0.274 e. The highest BCUT2D eigenvalue weighted by Gasteiger charge is 2.33. The molecule has 2 aromatic rings. The van der Waals surface area contributed by atoms with Crippen LogP contribution in [0.3, 0.4) is 0 Å². The Morgan fingerprint density at radius 1 is 0.906 bits per heavy atom. The number of nitrogens with zero attached hydrogens (tertiary/aromatic N) is 4. The Labute approximate surface area is 189 Å². The molecule has 5 rings (SSSR count). The molecule has 2 amide bonds. The van der Waals surface area contributed by atoms with Gasteiger partial charge in [0.1, 0.15) is 6.10 Å². The van der Waals surface area contributed by atoms with E-state index in [1.807, 2.05) is 27.7 Å². The highest BCUT2D eigenvalue weighted by molar-refractivity contribution is 5.93. The van der Waals surface area contributed by atoms with Crippen molar-refractivity contribution >= 4 is 11.8 Å². The zero-order valence-electron chi connectivity index (χ0n) is 18.6. The number of piperidine rings is 1. The van der Waals surface area contributed by atoms with E-state index in [-0.39, 0.29) is 17.9 Å². The maximum absolute atomic E-state index is 13.2. The maximum atomic E-state index is 13.2. The number of benzene rings is 1. The van der Waals surface area contributed by atoms with Gasteiger partial charge in [-0.05, 0) is 31.2 Å². The Balaban J connectivity index is 1.19. The Morgan fingerprint density at radius 2 is 1.62 bits per heavy atom. The van der Waals surface area contributed by atoms with Crippen molar-refractivity contribution in [3.05, 3.63) is 53.6 Å². The lowest BCUT2D eigenvalue weighted by atomic mass is 9.94. The third-order valence-corrected chi connectivity index (χ3v) is 7.15. The highest BCUT2D eigenvalue weighted by Crippen LogP contribution is 2.29. The molecular formula is C25H32N4O3. The predicted octanol–water partition coefficient (Wildman–Crippen LogP) is 3.41. The minimum absolute atomic E-state index is 0.0263. The van der Waals surface area contributed by atoms with Crippen LogP contribution in [-0.2, 0) is 22.7 Å². The van der Waals surface area contributed by atoms with Crippen molar-refractivity contribution in [3.63, 3.8) is 0 Å². The van der Waals surface area contributed by atoms with Crippen LogP contribution in [-0.4, -0.2) is 57.3 Å². The molecule has 1 aromatic heterocycles. The summed E-state index contributed by atoms with van der Waals surface area (Å²) in [6.07, 6.45) is 7.89. The first-order valence-electron chi connectivity index (χ1n) is 12.0. The van der Waals surface area contributed by atoms with Gasteiger partial charge >= 0.3 is 0 Å². The van der Waals surface area contributed by atoms with Crippen LogP contribution in [0, 0.1) is 5.92 Å². The van der Waals surface area contributed by atoms with Crippen LogP contribution in [0.4, 0.5) is 0 Å². The molecule has 0 radical (unpaired) electrons. The molecular weight excluding hydrogens is 404 g/mol. The number of hydrogen-bond acceptors (Lipinski definition) is 4. The summed E-state index contributed by atoms with van der Waals surface area (Å²) in [5.41, 5.74) is 2.48. The normalized spacial score (nSPS) is 22.3. The van der Waals surface area contributed by atoms with E-state index in [0.29, 0.717) is 37.8 Å². The molecule has 7 heteroatoms. The smallest absolute Gasteiger partial charge is 0.274 e. The minimum atomic E-state index is -0.0406. The average Bonchev–Trinajstić information content (AvgIpc) is 3.08. The number of aromatic nitrogens is 2. The lowest BCUT2D eigenvalue weighted by Gasteiger charge is -2.34. The molecule has 4 heterocycles. The van der Waals surface area contributed by atoms with Gasteiger partial charge in [-0.25, -0.2) is 4.98 Å². The zero-order valence-corrected chi connectivity index (χ0v) is 18.6. The van der Waals surface area contributed by atoms with E-state index in [0.717, 1.165) is 50.0 Å². The molecule has 170 valence electrons. The van der Waals surface area contributed by atoms with Gasteiger partial charge in [-0.2, -0.15) is 0 Å². The molecule has 1 atom stereocenters. The minimum Gasteiger partial charge on any atom is -0.365 e. The SMILES string of the molecule is O=C(c1ncn2c1COC(c1ccccc1)C2)N1CCC(C(=O)N2CCCCCC2)CC1. The van der Waals surface area contributed by atoms with Gasteiger partial charge in [-0.1, -0.05) is 43.2 Å². The van der Waals surface area contributed by atoms with Gasteiger partial charge in [0.15, 0.2) is 5.69 Å². The van der Waals surface area contributed by atoms with Crippen LogP contribution in [0.25, 0.3) is 0 Å². The first kappa shape index (κ1) is 21.2. The van der Waals surface area contributed by atoms with Crippen LogP contribution >= 0.6 is 0 Å². The Morgan fingerprint density at radius 3 is 2.34 bits per heavy atom. The Kier molecular flexibility index (Phi) is 6.26. The fraction of sp³-hybridized carbons (Fsp3) is 0.560. The number of hydrogen-bond donors (Lipinski definition) is 0. The van der Waals surface area contributed by atoms with Gasteiger partial charge in [-0.3, -0.25) is 9.59 Å². The molecule has 1 unspecified atom stereocenters. The molecule has 0 spiro atoms. The first-order valence-corrected chi connectivity index (χ1v) is 12.0. The van der Waals surface area contributed by atoms with Gasteiger partial charge in [0.05, 0.1) is 25.2 Å². The van der Waals surface area contributed by atoms with Crippen molar-refractivity contribution in [2.45, 2.75) is 57.8 Å². The molecule has 1 aromatic carbocycles. The number of imidazole rings is 1. The van der Waals surface area contributed by atoms with E-state index in [4.69, 9.17) is 4.74 Å². The Bertz CT molecular complexity index is 941. The summed E-state index contributed by atoms with van der Waals surface area (Å²) in [6, 6.07) is 10.2. The van der Waals surface area contributed by atoms with Crippen LogP contribution in [0.15, 0.2) is 36.7 Å². The van der Waals surface area contributed by atoms with E-state index < -0.39 is 0 Å². The quantitative estimate of drug-likeness (QED) is 0.740. The van der Waals surface area contributed by atoms with Crippen LogP contribution in [0.5, 0.6) is 0 Å². The van der Waals surface area contributed by atoms with E-state index in [2.05, 4.69) is 22.0 Å². The summed E-state index contributed by atoms with van der Waals surface area (Å²) in [4.78, 5) is 34.5. The number of likely N-dealkylation sites (tertiary alicyclic amines) is 2. The summed E-state index contributed by atoms with van der Waals surface area (Å²) in [7, 11) is 0. The summed E-state index contributed by atoms with van der Waals surface area (Å²) < 4.78 is 8.12. The van der Waals surface area contributed by atoms with Crippen molar-refractivity contribution in [2.75, 3.05) is 26.2 Å². The first-order chi connectivity index (χ1) is 15.7. The fourth-order valence-corrected chi connectivity index (χ4v) is 5.20. The molecule has 0 aliphatic carbocycles. The fourth-order valence-electron chi connectivity index (χ4n) is 5.20. The van der Waals surface area contributed by atoms with E-state index in [1.54, 1.807) is 6.33 Å². The third-order valence-electron chi connectivity index (χ3n) is 7.15. The Hall–Kier alpha value is -2.67. The summed E-state index contributed by atoms with van der Waals surface area (Å²) in [5, 5.41) is 0. The second-order valence-corrected chi connectivity index (χ2v) is 9.21. The number of carbonyl (C=O) groups excluding carboxylic acids is 2. The van der Waals surface area contributed by atoms with Crippen molar-refractivity contribution < 1.29 is 14.3 Å². The second-order valence-electron chi connectivity index (χ2n) is 9.21. The number of fused-ring (bicyclic) bond motifs is 1. The molecule has 32 heavy (non-hydrogen) atoms. The van der Waals surface area contributed by atoms with Crippen LogP contribution in [0.2, 0.25) is 0 Å². The molecule has 0 N–H and O–H groups in total. The lowest BCUT2D eigenvalue weighted by Crippen LogP contribution is -2.45. The molecule has 0 bridgehead atoms. The van der Waals surface area contributed by atoms with Crippen LogP contribution in [0.1, 0.15) is 66.4 Å². The van der Waals surface area contributed by atoms with Crippen molar-refractivity contribution in [1.82, 2.24) is 19.4 Å². The second kappa shape index (κ2) is 9.45. The molecule has 2 fully saturated rings. The summed E-state index contributed by atoms with van der Waals surface area (Å²) in [6.45, 7) is 4.05. The van der Waals surface area contributed by atoms with Crippen LogP contribution < -0.4 is 0 Å². The van der Waals surface area contributed by atoms with Gasteiger partial charge in [0.2, 0.25) is 5.91 Å². The number of ether oxygens (including phenoxy) is 1. The molecule has 3 aliphatic rings. The summed E-state index contributed by atoms with van der Waals surface area (Å²) in [5.74, 6) is 0.294. The monoisotopic (exact) mass is 436 g/mol. The van der Waals surface area contributed by atoms with E-state index in [9.17, 15) is 9.59 Å². The lowest BCUT2D eigenvalue weighted by molar-refractivity contribution is -0.136. The zero-order chi connectivity index (χ0) is 21.9. The topological polar surface area (TPSA) is 67.7 Å². The van der Waals surface area contributed by atoms with Crippen molar-refractivity contribution in [1.29, 1.82) is 0 Å². The van der Waals surface area contributed by atoms with Crippen molar-refractivity contribution in [2.24, 2.45) is 5.92 Å². The average molecular weight is 437 g/mol. The highest BCUT2D eigenvalue weighted by atomic mass is 16.5. The van der Waals surface area contributed by atoms with Gasteiger partial charge < -0.3 is 19.1 Å². The standard InChI is InChI=1S/C25H32N4O3/c30-24(27-12-6-1-2-7-13-27)20-10-14-28(15-11-20)25(31)23-21-17-32-22(16-29(21)18-26-23)19-8-4-3-5-9-19/h3-5,8-9,18,20,22H,1-2,6-7,10-17H2. The van der Waals surface area contributed by atoms with Gasteiger partial charge in [0.25, 0.3) is 5.91 Å². The molecule has 0 saturated carbocycles. The van der Waals surface area contributed by atoms with Gasteiger partial charge in [-0.15, -0.1) is 0 Å². The largest absolute Gasteiger partial charge is 0.365 e.